The molecule has 1 fully saturated rings. The number of ether oxygens (including phenoxy) is 1. The molecule has 108 valence electrons. The molecule has 5 heteroatoms. The number of carbonyl (C=O) groups is 2. The van der Waals surface area contributed by atoms with Crippen molar-refractivity contribution in [1.82, 2.24) is 9.80 Å². The summed E-state index contributed by atoms with van der Waals surface area (Å²) in [6.07, 6.45) is 1.60. The van der Waals surface area contributed by atoms with Gasteiger partial charge < -0.3 is 14.5 Å². The molecule has 1 atom stereocenters. The normalized spacial score (nSPS) is 17.9. The van der Waals surface area contributed by atoms with Crippen molar-refractivity contribution in [2.75, 3.05) is 27.7 Å². The first-order valence-electron chi connectivity index (χ1n) is 6.70. The van der Waals surface area contributed by atoms with Crippen LogP contribution in [0.15, 0.2) is 24.3 Å². The van der Waals surface area contributed by atoms with Crippen LogP contribution < -0.4 is 4.74 Å². The number of nitrogens with zero attached hydrogens (tertiary/aromatic N) is 2. The predicted octanol–water partition coefficient (Wildman–Crippen LogP) is 1.39. The van der Waals surface area contributed by atoms with Gasteiger partial charge in [0.15, 0.2) is 0 Å². The third kappa shape index (κ3) is 2.76. The summed E-state index contributed by atoms with van der Waals surface area (Å²) in [7, 11) is 5.02. The van der Waals surface area contributed by atoms with Crippen LogP contribution in [0.3, 0.4) is 0 Å². The van der Waals surface area contributed by atoms with E-state index in [1.807, 2.05) is 0 Å². The summed E-state index contributed by atoms with van der Waals surface area (Å²) < 4.78 is 5.08. The van der Waals surface area contributed by atoms with Gasteiger partial charge in [-0.1, -0.05) is 0 Å². The van der Waals surface area contributed by atoms with Crippen LogP contribution in [0.5, 0.6) is 5.75 Å². The highest BCUT2D eigenvalue weighted by Crippen LogP contribution is 2.22. The Kier molecular flexibility index (Phi) is 4.27. The van der Waals surface area contributed by atoms with Gasteiger partial charge in [-0.25, -0.2) is 0 Å². The monoisotopic (exact) mass is 276 g/mol. The SMILES string of the molecule is COc1ccc(C(=O)N2CCCC2C(=O)N(C)C)cc1. The molecule has 0 spiro atoms. The van der Waals surface area contributed by atoms with Crippen molar-refractivity contribution in [3.8, 4) is 5.75 Å². The maximum absolute atomic E-state index is 12.5. The zero-order valence-corrected chi connectivity index (χ0v) is 12.1. The second-order valence-corrected chi connectivity index (χ2v) is 5.12. The van der Waals surface area contributed by atoms with Gasteiger partial charge in [-0.15, -0.1) is 0 Å². The minimum Gasteiger partial charge on any atom is -0.497 e. The molecule has 1 unspecified atom stereocenters. The first-order chi connectivity index (χ1) is 9.54. The molecule has 0 saturated carbocycles. The van der Waals surface area contributed by atoms with Gasteiger partial charge in [-0.2, -0.15) is 0 Å². The zero-order chi connectivity index (χ0) is 14.7. The van der Waals surface area contributed by atoms with E-state index in [2.05, 4.69) is 0 Å². The van der Waals surface area contributed by atoms with Gasteiger partial charge in [0.25, 0.3) is 5.91 Å². The Balaban J connectivity index is 2.16. The summed E-state index contributed by atoms with van der Waals surface area (Å²) >= 11 is 0. The van der Waals surface area contributed by atoms with Crippen LogP contribution in [0.1, 0.15) is 23.2 Å². The van der Waals surface area contributed by atoms with Gasteiger partial charge in [-0.05, 0) is 37.1 Å². The molecule has 0 aliphatic carbocycles. The van der Waals surface area contributed by atoms with Crippen LogP contribution >= 0.6 is 0 Å². The summed E-state index contributed by atoms with van der Waals surface area (Å²) in [5.41, 5.74) is 0.587. The Hall–Kier alpha value is -2.04. The highest BCUT2D eigenvalue weighted by Gasteiger charge is 2.35. The predicted molar refractivity (Wildman–Crippen MR) is 75.7 cm³/mol. The molecule has 0 radical (unpaired) electrons. The van der Waals surface area contributed by atoms with Crippen LogP contribution in [0.2, 0.25) is 0 Å². The molecule has 1 heterocycles. The molecule has 1 aromatic rings. The van der Waals surface area contributed by atoms with Crippen LogP contribution in [-0.4, -0.2) is 55.4 Å². The zero-order valence-electron chi connectivity index (χ0n) is 12.1. The molecule has 1 aliphatic rings. The lowest BCUT2D eigenvalue weighted by atomic mass is 10.1. The van der Waals surface area contributed by atoms with Crippen LogP contribution in [0.25, 0.3) is 0 Å². The fourth-order valence-electron chi connectivity index (χ4n) is 2.46. The summed E-state index contributed by atoms with van der Waals surface area (Å²) in [5.74, 6) is 0.610. The number of benzene rings is 1. The van der Waals surface area contributed by atoms with Crippen molar-refractivity contribution in [1.29, 1.82) is 0 Å². The van der Waals surface area contributed by atoms with Crippen molar-refractivity contribution in [2.24, 2.45) is 0 Å². The number of methoxy groups -OCH3 is 1. The van der Waals surface area contributed by atoms with Crippen LogP contribution in [-0.2, 0) is 4.79 Å². The molecular weight excluding hydrogens is 256 g/mol. The second kappa shape index (κ2) is 5.94. The number of carbonyl (C=O) groups excluding carboxylic acids is 2. The molecule has 0 aromatic heterocycles. The number of rotatable bonds is 3. The third-order valence-corrected chi connectivity index (χ3v) is 3.58. The average molecular weight is 276 g/mol. The molecule has 5 nitrogen and oxygen atoms in total. The van der Waals surface area contributed by atoms with E-state index in [1.54, 1.807) is 55.3 Å². The maximum Gasteiger partial charge on any atom is 0.254 e. The standard InChI is InChI=1S/C15H20N2O3/c1-16(2)15(19)13-5-4-10-17(13)14(18)11-6-8-12(20-3)9-7-11/h6-9,13H,4-5,10H2,1-3H3. The van der Waals surface area contributed by atoms with Crippen molar-refractivity contribution >= 4 is 11.8 Å². The topological polar surface area (TPSA) is 49.9 Å². The highest BCUT2D eigenvalue weighted by atomic mass is 16.5. The van der Waals surface area contributed by atoms with Crippen molar-refractivity contribution < 1.29 is 14.3 Å². The van der Waals surface area contributed by atoms with E-state index >= 15 is 0 Å². The fraction of sp³-hybridized carbons (Fsp3) is 0.467. The van der Waals surface area contributed by atoms with E-state index in [0.717, 1.165) is 12.8 Å². The summed E-state index contributed by atoms with van der Waals surface area (Å²) in [6.45, 7) is 0.634. The van der Waals surface area contributed by atoms with Crippen LogP contribution in [0, 0.1) is 0 Å². The van der Waals surface area contributed by atoms with Crippen LogP contribution in [0.4, 0.5) is 0 Å². The number of likely N-dealkylation sites (tertiary alicyclic amines) is 1. The van der Waals surface area contributed by atoms with E-state index in [-0.39, 0.29) is 17.9 Å². The van der Waals surface area contributed by atoms with Crippen molar-refractivity contribution in [2.45, 2.75) is 18.9 Å². The third-order valence-electron chi connectivity index (χ3n) is 3.58. The largest absolute Gasteiger partial charge is 0.497 e. The lowest BCUT2D eigenvalue weighted by Crippen LogP contribution is -2.45. The summed E-state index contributed by atoms with van der Waals surface area (Å²) in [4.78, 5) is 27.8. The number of hydrogen-bond acceptors (Lipinski definition) is 3. The lowest BCUT2D eigenvalue weighted by molar-refractivity contribution is -0.132. The maximum atomic E-state index is 12.5. The van der Waals surface area contributed by atoms with Gasteiger partial charge in [0.2, 0.25) is 5.91 Å². The molecule has 0 N–H and O–H groups in total. The average Bonchev–Trinajstić information content (AvgIpc) is 2.94. The molecule has 2 rings (SSSR count). The van der Waals surface area contributed by atoms with E-state index in [9.17, 15) is 9.59 Å². The Morgan fingerprint density at radius 2 is 1.90 bits per heavy atom. The minimum atomic E-state index is -0.334. The number of amides is 2. The molecular formula is C15H20N2O3. The van der Waals surface area contributed by atoms with E-state index in [4.69, 9.17) is 4.74 Å². The first kappa shape index (κ1) is 14.4. The number of likely N-dealkylation sites (N-methyl/N-ethyl adjacent to an activating group) is 1. The molecule has 1 aliphatic heterocycles. The molecule has 20 heavy (non-hydrogen) atoms. The molecule has 1 aromatic carbocycles. The quantitative estimate of drug-likeness (QED) is 0.838. The van der Waals surface area contributed by atoms with Gasteiger partial charge in [0.1, 0.15) is 11.8 Å². The smallest absolute Gasteiger partial charge is 0.254 e. The van der Waals surface area contributed by atoms with E-state index in [0.29, 0.717) is 17.9 Å². The minimum absolute atomic E-state index is 0.00985. The van der Waals surface area contributed by atoms with Gasteiger partial charge in [0, 0.05) is 26.2 Å². The Labute approximate surface area is 119 Å². The Bertz CT molecular complexity index is 496. The van der Waals surface area contributed by atoms with Crippen molar-refractivity contribution in [3.63, 3.8) is 0 Å². The fourth-order valence-corrected chi connectivity index (χ4v) is 2.46. The van der Waals surface area contributed by atoms with Gasteiger partial charge in [-0.3, -0.25) is 9.59 Å². The highest BCUT2D eigenvalue weighted by molar-refractivity contribution is 5.98. The molecule has 0 bridgehead atoms. The summed E-state index contributed by atoms with van der Waals surface area (Å²) in [5, 5.41) is 0. The summed E-state index contributed by atoms with van der Waals surface area (Å²) in [6, 6.07) is 6.64. The second-order valence-electron chi connectivity index (χ2n) is 5.12. The lowest BCUT2D eigenvalue weighted by Gasteiger charge is -2.26. The Morgan fingerprint density at radius 3 is 2.45 bits per heavy atom. The van der Waals surface area contributed by atoms with E-state index < -0.39 is 0 Å². The Morgan fingerprint density at radius 1 is 1.25 bits per heavy atom. The van der Waals surface area contributed by atoms with Gasteiger partial charge in [0.05, 0.1) is 7.11 Å². The van der Waals surface area contributed by atoms with Gasteiger partial charge >= 0.3 is 0 Å². The first-order valence-corrected chi connectivity index (χ1v) is 6.70. The molecule has 1 saturated heterocycles. The number of hydrogen-bond donors (Lipinski definition) is 0. The van der Waals surface area contributed by atoms with Crippen molar-refractivity contribution in [3.05, 3.63) is 29.8 Å². The van der Waals surface area contributed by atoms with E-state index in [1.165, 1.54) is 0 Å². The molecule has 2 amide bonds.